The molecule has 0 aromatic heterocycles. The van der Waals surface area contributed by atoms with Gasteiger partial charge in [0.05, 0.1) is 6.61 Å². The zero-order valence-corrected chi connectivity index (χ0v) is 10.4. The van der Waals surface area contributed by atoms with Gasteiger partial charge in [-0.15, -0.1) is 0 Å². The summed E-state index contributed by atoms with van der Waals surface area (Å²) in [6, 6.07) is 3.39. The molecule has 0 heterocycles. The Balaban J connectivity index is 1.99. The van der Waals surface area contributed by atoms with Gasteiger partial charge in [0.1, 0.15) is 5.82 Å². The van der Waals surface area contributed by atoms with Crippen molar-refractivity contribution in [1.29, 1.82) is 0 Å². The van der Waals surface area contributed by atoms with Crippen LogP contribution in [-0.4, -0.2) is 11.9 Å². The number of hydrogen-bond donors (Lipinski definition) is 0. The molecule has 0 amide bonds. The quantitative estimate of drug-likeness (QED) is 0.764. The highest BCUT2D eigenvalue weighted by Crippen LogP contribution is 2.42. The van der Waals surface area contributed by atoms with Crippen LogP contribution in [0, 0.1) is 17.0 Å². The van der Waals surface area contributed by atoms with E-state index in [4.69, 9.17) is 4.74 Å². The predicted octanol–water partition coefficient (Wildman–Crippen LogP) is 3.91. The second-order valence-corrected chi connectivity index (χ2v) is 4.91. The average Bonchev–Trinajstić information content (AvgIpc) is 2.19. The van der Waals surface area contributed by atoms with Crippen LogP contribution in [0.1, 0.15) is 19.3 Å². The van der Waals surface area contributed by atoms with E-state index in [-0.39, 0.29) is 11.2 Å². The van der Waals surface area contributed by atoms with E-state index in [0.29, 0.717) is 6.61 Å². The van der Waals surface area contributed by atoms with Crippen molar-refractivity contribution in [3.63, 3.8) is 0 Å². The van der Waals surface area contributed by atoms with Gasteiger partial charge in [-0.3, -0.25) is 0 Å². The maximum Gasteiger partial charge on any atom is 0.167 e. The van der Waals surface area contributed by atoms with Gasteiger partial charge >= 0.3 is 0 Å². The van der Waals surface area contributed by atoms with Crippen molar-refractivity contribution in [2.75, 3.05) is 11.9 Å². The Bertz CT molecular complexity index is 372. The second-order valence-electron chi connectivity index (χ2n) is 4.35. The molecule has 0 unspecified atom stereocenters. The van der Waals surface area contributed by atoms with Gasteiger partial charge in [0.2, 0.25) is 0 Å². The maximum absolute atomic E-state index is 13.3. The van der Waals surface area contributed by atoms with Crippen molar-refractivity contribution in [3.05, 3.63) is 29.8 Å². The molecule has 1 aliphatic carbocycles. The van der Waals surface area contributed by atoms with E-state index < -0.39 is 11.6 Å². The third kappa shape index (κ3) is 2.37. The highest BCUT2D eigenvalue weighted by atomic mass is 79.9. The SMILES string of the molecule is Fc1ccc(OCC2(CBr)CCC2)c(F)c1. The summed E-state index contributed by atoms with van der Waals surface area (Å²) in [6.07, 6.45) is 3.39. The molecule has 1 fully saturated rings. The van der Waals surface area contributed by atoms with E-state index >= 15 is 0 Å². The van der Waals surface area contributed by atoms with Crippen LogP contribution >= 0.6 is 15.9 Å². The molecule has 1 saturated carbocycles. The van der Waals surface area contributed by atoms with Crippen LogP contribution in [0.25, 0.3) is 0 Å². The molecule has 1 nitrogen and oxygen atoms in total. The van der Waals surface area contributed by atoms with E-state index in [2.05, 4.69) is 15.9 Å². The lowest BCUT2D eigenvalue weighted by molar-refractivity contribution is 0.0813. The lowest BCUT2D eigenvalue weighted by Crippen LogP contribution is -2.37. The molecule has 2 rings (SSSR count). The predicted molar refractivity (Wildman–Crippen MR) is 61.9 cm³/mol. The molecule has 0 aliphatic heterocycles. The fourth-order valence-electron chi connectivity index (χ4n) is 1.82. The minimum atomic E-state index is -0.635. The summed E-state index contributed by atoms with van der Waals surface area (Å²) in [5.74, 6) is -1.08. The number of benzene rings is 1. The van der Waals surface area contributed by atoms with E-state index in [1.165, 1.54) is 18.6 Å². The lowest BCUT2D eigenvalue weighted by Gasteiger charge is -2.39. The van der Waals surface area contributed by atoms with Gasteiger partial charge in [0.25, 0.3) is 0 Å². The first-order chi connectivity index (χ1) is 7.65. The largest absolute Gasteiger partial charge is 0.490 e. The van der Waals surface area contributed by atoms with Gasteiger partial charge in [-0.05, 0) is 25.0 Å². The summed E-state index contributed by atoms with van der Waals surface area (Å²) in [5, 5.41) is 0.864. The molecule has 4 heteroatoms. The summed E-state index contributed by atoms with van der Waals surface area (Å²) in [7, 11) is 0. The average molecular weight is 291 g/mol. The molecule has 1 aromatic rings. The van der Waals surface area contributed by atoms with Crippen LogP contribution in [-0.2, 0) is 0 Å². The molecule has 0 N–H and O–H groups in total. The standard InChI is InChI=1S/C12H13BrF2O/c13-7-12(4-1-5-12)8-16-11-3-2-9(14)6-10(11)15/h2-3,6H,1,4-5,7-8H2. The number of rotatable bonds is 4. The molecule has 0 spiro atoms. The lowest BCUT2D eigenvalue weighted by atomic mass is 9.71. The Morgan fingerprint density at radius 2 is 2.06 bits per heavy atom. The third-order valence-electron chi connectivity index (χ3n) is 3.13. The molecule has 1 aromatic carbocycles. The Labute approximate surface area is 102 Å². The minimum absolute atomic E-state index is 0.133. The summed E-state index contributed by atoms with van der Waals surface area (Å²) in [6.45, 7) is 0.487. The number of hydrogen-bond acceptors (Lipinski definition) is 1. The molecular formula is C12H13BrF2O. The van der Waals surface area contributed by atoms with Crippen LogP contribution in [0.3, 0.4) is 0 Å². The van der Waals surface area contributed by atoms with Gasteiger partial charge in [-0.1, -0.05) is 22.4 Å². The monoisotopic (exact) mass is 290 g/mol. The van der Waals surface area contributed by atoms with Crippen LogP contribution in [0.2, 0.25) is 0 Å². The zero-order chi connectivity index (χ0) is 11.6. The topological polar surface area (TPSA) is 9.23 Å². The normalized spacial score (nSPS) is 17.9. The first-order valence-corrected chi connectivity index (χ1v) is 6.41. The van der Waals surface area contributed by atoms with Gasteiger partial charge < -0.3 is 4.74 Å². The van der Waals surface area contributed by atoms with Crippen LogP contribution in [0.4, 0.5) is 8.78 Å². The highest BCUT2D eigenvalue weighted by molar-refractivity contribution is 9.09. The summed E-state index contributed by atoms with van der Waals surface area (Å²) < 4.78 is 31.4. The molecule has 88 valence electrons. The second kappa shape index (κ2) is 4.70. The van der Waals surface area contributed by atoms with Gasteiger partial charge in [-0.2, -0.15) is 0 Å². The Morgan fingerprint density at radius 1 is 1.31 bits per heavy atom. The minimum Gasteiger partial charge on any atom is -0.490 e. The summed E-state index contributed by atoms with van der Waals surface area (Å²) in [4.78, 5) is 0. The zero-order valence-electron chi connectivity index (χ0n) is 8.81. The van der Waals surface area contributed by atoms with Gasteiger partial charge in [0, 0.05) is 16.8 Å². The maximum atomic E-state index is 13.3. The first kappa shape index (κ1) is 11.8. The van der Waals surface area contributed by atoms with Crippen molar-refractivity contribution in [2.45, 2.75) is 19.3 Å². The van der Waals surface area contributed by atoms with E-state index in [1.54, 1.807) is 0 Å². The number of halogens is 3. The molecule has 0 radical (unpaired) electrons. The summed E-state index contributed by atoms with van der Waals surface area (Å²) in [5.41, 5.74) is 0.140. The van der Waals surface area contributed by atoms with Gasteiger partial charge in [-0.25, -0.2) is 8.78 Å². The third-order valence-corrected chi connectivity index (χ3v) is 4.31. The molecule has 0 saturated heterocycles. The molecule has 1 aliphatic rings. The molecule has 0 atom stereocenters. The van der Waals surface area contributed by atoms with Crippen LogP contribution in [0.15, 0.2) is 18.2 Å². The van der Waals surface area contributed by atoms with Gasteiger partial charge in [0.15, 0.2) is 11.6 Å². The first-order valence-electron chi connectivity index (χ1n) is 5.29. The van der Waals surface area contributed by atoms with Crippen molar-refractivity contribution in [2.24, 2.45) is 5.41 Å². The summed E-state index contributed by atoms with van der Waals surface area (Å²) >= 11 is 3.45. The van der Waals surface area contributed by atoms with Crippen molar-refractivity contribution < 1.29 is 13.5 Å². The fraction of sp³-hybridized carbons (Fsp3) is 0.500. The van der Waals surface area contributed by atoms with Crippen LogP contribution in [0.5, 0.6) is 5.75 Å². The molecule has 16 heavy (non-hydrogen) atoms. The van der Waals surface area contributed by atoms with E-state index in [9.17, 15) is 8.78 Å². The Morgan fingerprint density at radius 3 is 2.56 bits per heavy atom. The van der Waals surface area contributed by atoms with Crippen LogP contribution < -0.4 is 4.74 Å². The van der Waals surface area contributed by atoms with Crippen molar-refractivity contribution in [1.82, 2.24) is 0 Å². The fourth-order valence-corrected chi connectivity index (χ4v) is 2.54. The molecular weight excluding hydrogens is 278 g/mol. The number of alkyl halides is 1. The van der Waals surface area contributed by atoms with Crippen molar-refractivity contribution >= 4 is 15.9 Å². The van der Waals surface area contributed by atoms with E-state index in [0.717, 1.165) is 24.2 Å². The van der Waals surface area contributed by atoms with Crippen molar-refractivity contribution in [3.8, 4) is 5.75 Å². The van der Waals surface area contributed by atoms with E-state index in [1.807, 2.05) is 0 Å². The highest BCUT2D eigenvalue weighted by Gasteiger charge is 2.36. The smallest absolute Gasteiger partial charge is 0.167 e. The Kier molecular flexibility index (Phi) is 3.47. The number of ether oxygens (including phenoxy) is 1. The Hall–Kier alpha value is -0.640. The molecule has 0 bridgehead atoms.